The Morgan fingerprint density at radius 1 is 1.53 bits per heavy atom. The highest BCUT2D eigenvalue weighted by molar-refractivity contribution is 7.99. The summed E-state index contributed by atoms with van der Waals surface area (Å²) in [7, 11) is 1.74. The summed E-state index contributed by atoms with van der Waals surface area (Å²) >= 11 is 1.63. The molecular weight excluding hydrogens is 236 g/mol. The molecule has 0 aliphatic heterocycles. The second kappa shape index (κ2) is 7.55. The van der Waals surface area contributed by atoms with Gasteiger partial charge in [-0.3, -0.25) is 4.57 Å². The van der Waals surface area contributed by atoms with E-state index in [4.69, 9.17) is 0 Å². The van der Waals surface area contributed by atoms with Gasteiger partial charge in [0.15, 0.2) is 5.16 Å². The minimum absolute atomic E-state index is 0.145. The minimum atomic E-state index is -0.145. The SMILES string of the molecule is CCNC(C)CCCCSc1n[nH]c(=O)n1C. The number of aromatic amines is 1. The van der Waals surface area contributed by atoms with Gasteiger partial charge in [0.2, 0.25) is 0 Å². The van der Waals surface area contributed by atoms with Crippen molar-refractivity contribution in [3.8, 4) is 0 Å². The van der Waals surface area contributed by atoms with Crippen molar-refractivity contribution in [2.75, 3.05) is 12.3 Å². The number of nitrogens with zero attached hydrogens (tertiary/aromatic N) is 2. The lowest BCUT2D eigenvalue weighted by atomic mass is 10.1. The molecule has 2 N–H and O–H groups in total. The molecule has 1 unspecified atom stereocenters. The zero-order valence-corrected chi connectivity index (χ0v) is 11.6. The van der Waals surface area contributed by atoms with E-state index in [1.54, 1.807) is 23.4 Å². The fraction of sp³-hybridized carbons (Fsp3) is 0.818. The van der Waals surface area contributed by atoms with Crippen LogP contribution in [0.3, 0.4) is 0 Å². The molecule has 0 saturated heterocycles. The Morgan fingerprint density at radius 2 is 2.29 bits per heavy atom. The van der Waals surface area contributed by atoms with Crippen LogP contribution in [0.2, 0.25) is 0 Å². The van der Waals surface area contributed by atoms with E-state index in [1.165, 1.54) is 12.8 Å². The third-order valence-corrected chi connectivity index (χ3v) is 3.77. The molecule has 0 bridgehead atoms. The summed E-state index contributed by atoms with van der Waals surface area (Å²) in [6, 6.07) is 0.597. The van der Waals surface area contributed by atoms with Crippen molar-refractivity contribution < 1.29 is 0 Å². The Balaban J connectivity index is 2.12. The molecule has 1 atom stereocenters. The Morgan fingerprint density at radius 3 is 2.88 bits per heavy atom. The van der Waals surface area contributed by atoms with E-state index in [0.717, 1.165) is 23.9 Å². The van der Waals surface area contributed by atoms with E-state index in [-0.39, 0.29) is 5.69 Å². The van der Waals surface area contributed by atoms with Crippen LogP contribution in [0.4, 0.5) is 0 Å². The van der Waals surface area contributed by atoms with Crippen LogP contribution in [0.1, 0.15) is 33.1 Å². The van der Waals surface area contributed by atoms with Gasteiger partial charge in [0.05, 0.1) is 0 Å². The molecule has 5 nitrogen and oxygen atoms in total. The monoisotopic (exact) mass is 258 g/mol. The van der Waals surface area contributed by atoms with E-state index in [9.17, 15) is 4.79 Å². The van der Waals surface area contributed by atoms with Crippen LogP contribution in [0.5, 0.6) is 0 Å². The average molecular weight is 258 g/mol. The largest absolute Gasteiger partial charge is 0.343 e. The zero-order chi connectivity index (χ0) is 12.7. The molecule has 0 spiro atoms. The first-order valence-corrected chi connectivity index (χ1v) is 7.11. The molecule has 0 aromatic carbocycles. The third-order valence-electron chi connectivity index (χ3n) is 2.65. The molecule has 0 fully saturated rings. The van der Waals surface area contributed by atoms with Crippen LogP contribution in [0.15, 0.2) is 9.95 Å². The van der Waals surface area contributed by atoms with E-state index in [0.29, 0.717) is 6.04 Å². The standard InChI is InChI=1S/C11H22N4OS/c1-4-12-9(2)7-5-6-8-17-11-14-13-10(16)15(11)3/h9,12H,4-8H2,1-3H3,(H,13,16). The molecule has 17 heavy (non-hydrogen) atoms. The normalized spacial score (nSPS) is 12.9. The molecule has 0 saturated carbocycles. The topological polar surface area (TPSA) is 62.7 Å². The van der Waals surface area contributed by atoms with Gasteiger partial charge in [-0.25, -0.2) is 9.89 Å². The number of nitrogens with one attached hydrogen (secondary N) is 2. The predicted octanol–water partition coefficient (Wildman–Crippen LogP) is 1.37. The number of hydrogen-bond donors (Lipinski definition) is 2. The maximum Gasteiger partial charge on any atom is 0.343 e. The number of unbranched alkanes of at least 4 members (excludes halogenated alkanes) is 1. The Labute approximate surface area is 106 Å². The molecular formula is C11H22N4OS. The number of rotatable bonds is 8. The average Bonchev–Trinajstić information content (AvgIpc) is 2.60. The maximum absolute atomic E-state index is 11.1. The first-order chi connectivity index (χ1) is 8.15. The highest BCUT2D eigenvalue weighted by Gasteiger charge is 2.04. The lowest BCUT2D eigenvalue weighted by molar-refractivity contribution is 0.510. The number of thioether (sulfide) groups is 1. The second-order valence-corrected chi connectivity index (χ2v) is 5.24. The lowest BCUT2D eigenvalue weighted by Gasteiger charge is -2.11. The van der Waals surface area contributed by atoms with Gasteiger partial charge >= 0.3 is 5.69 Å². The second-order valence-electron chi connectivity index (χ2n) is 4.17. The molecule has 0 amide bonds. The van der Waals surface area contributed by atoms with Crippen molar-refractivity contribution in [1.82, 2.24) is 20.1 Å². The highest BCUT2D eigenvalue weighted by Crippen LogP contribution is 2.14. The molecule has 1 aromatic heterocycles. The summed E-state index contributed by atoms with van der Waals surface area (Å²) in [5.74, 6) is 1.01. The van der Waals surface area contributed by atoms with Crippen molar-refractivity contribution in [2.45, 2.75) is 44.3 Å². The van der Waals surface area contributed by atoms with Crippen molar-refractivity contribution in [3.63, 3.8) is 0 Å². The summed E-state index contributed by atoms with van der Waals surface area (Å²) in [5.41, 5.74) is -0.145. The lowest BCUT2D eigenvalue weighted by Crippen LogP contribution is -2.25. The van der Waals surface area contributed by atoms with Gasteiger partial charge in [0.1, 0.15) is 0 Å². The number of aromatic nitrogens is 3. The Kier molecular flexibility index (Phi) is 6.36. The van der Waals surface area contributed by atoms with Crippen LogP contribution in [-0.4, -0.2) is 33.1 Å². The van der Waals surface area contributed by atoms with Gasteiger partial charge in [-0.05, 0) is 26.3 Å². The third kappa shape index (κ3) is 4.95. The van der Waals surface area contributed by atoms with Crippen LogP contribution in [0, 0.1) is 0 Å². The van der Waals surface area contributed by atoms with Crippen LogP contribution < -0.4 is 11.0 Å². The first-order valence-electron chi connectivity index (χ1n) is 6.12. The van der Waals surface area contributed by atoms with Crippen LogP contribution >= 0.6 is 11.8 Å². The fourth-order valence-corrected chi connectivity index (χ4v) is 2.55. The van der Waals surface area contributed by atoms with Gasteiger partial charge in [0, 0.05) is 18.8 Å². The van der Waals surface area contributed by atoms with E-state index < -0.39 is 0 Å². The first kappa shape index (κ1) is 14.3. The van der Waals surface area contributed by atoms with Gasteiger partial charge in [-0.2, -0.15) is 0 Å². The maximum atomic E-state index is 11.1. The molecule has 0 radical (unpaired) electrons. The Hall–Kier alpha value is -0.750. The van der Waals surface area contributed by atoms with E-state index in [1.807, 2.05) is 0 Å². The van der Waals surface area contributed by atoms with E-state index >= 15 is 0 Å². The molecule has 0 aliphatic rings. The predicted molar refractivity (Wildman–Crippen MR) is 71.5 cm³/mol. The summed E-state index contributed by atoms with van der Waals surface area (Å²) < 4.78 is 1.55. The smallest absolute Gasteiger partial charge is 0.315 e. The molecule has 98 valence electrons. The molecule has 1 rings (SSSR count). The van der Waals surface area contributed by atoms with Gasteiger partial charge in [-0.15, -0.1) is 5.10 Å². The number of hydrogen-bond acceptors (Lipinski definition) is 4. The summed E-state index contributed by atoms with van der Waals surface area (Å²) in [4.78, 5) is 11.1. The van der Waals surface area contributed by atoms with Gasteiger partial charge in [-0.1, -0.05) is 25.1 Å². The van der Waals surface area contributed by atoms with Crippen molar-refractivity contribution >= 4 is 11.8 Å². The van der Waals surface area contributed by atoms with E-state index in [2.05, 4.69) is 29.4 Å². The molecule has 6 heteroatoms. The molecule has 0 aliphatic carbocycles. The quantitative estimate of drug-likeness (QED) is 0.546. The fourth-order valence-electron chi connectivity index (χ4n) is 1.63. The summed E-state index contributed by atoms with van der Waals surface area (Å²) in [6.07, 6.45) is 3.56. The highest BCUT2D eigenvalue weighted by atomic mass is 32.2. The summed E-state index contributed by atoms with van der Waals surface area (Å²) in [6.45, 7) is 5.38. The van der Waals surface area contributed by atoms with Crippen molar-refractivity contribution in [3.05, 3.63) is 10.5 Å². The van der Waals surface area contributed by atoms with Crippen LogP contribution in [-0.2, 0) is 7.05 Å². The van der Waals surface area contributed by atoms with Crippen LogP contribution in [0.25, 0.3) is 0 Å². The summed E-state index contributed by atoms with van der Waals surface area (Å²) in [5, 5.41) is 10.6. The van der Waals surface area contributed by atoms with Gasteiger partial charge < -0.3 is 5.32 Å². The Bertz CT molecular complexity index is 374. The zero-order valence-electron chi connectivity index (χ0n) is 10.8. The minimum Gasteiger partial charge on any atom is -0.315 e. The number of H-pyrrole nitrogens is 1. The van der Waals surface area contributed by atoms with Crippen molar-refractivity contribution in [1.29, 1.82) is 0 Å². The van der Waals surface area contributed by atoms with Gasteiger partial charge in [0.25, 0.3) is 0 Å². The molecule has 1 heterocycles. The molecule has 1 aromatic rings. The van der Waals surface area contributed by atoms with Crippen molar-refractivity contribution in [2.24, 2.45) is 7.05 Å².